The monoisotopic (exact) mass is 217 g/mol. The van der Waals surface area contributed by atoms with E-state index in [9.17, 15) is 0 Å². The fourth-order valence-corrected chi connectivity index (χ4v) is 1.18. The first-order chi connectivity index (χ1) is 6.18. The van der Waals surface area contributed by atoms with Gasteiger partial charge in [0.15, 0.2) is 5.82 Å². The van der Waals surface area contributed by atoms with Gasteiger partial charge in [-0.2, -0.15) is 4.98 Å². The third kappa shape index (κ3) is 2.25. The summed E-state index contributed by atoms with van der Waals surface area (Å²) in [5, 5.41) is 3.92. The molecule has 0 bridgehead atoms. The molecule has 5 heteroatoms. The zero-order valence-electron chi connectivity index (χ0n) is 8.43. The average Bonchev–Trinajstić information content (AvgIpc) is 2.83. The summed E-state index contributed by atoms with van der Waals surface area (Å²) in [5.74, 6) is 2.30. The van der Waals surface area contributed by atoms with Gasteiger partial charge >= 0.3 is 0 Å². The number of halogens is 1. The second-order valence-electron chi connectivity index (χ2n) is 4.03. The van der Waals surface area contributed by atoms with Gasteiger partial charge in [-0.3, -0.25) is 0 Å². The van der Waals surface area contributed by atoms with E-state index in [1.165, 1.54) is 12.8 Å². The maximum absolute atomic E-state index is 5.88. The van der Waals surface area contributed by atoms with E-state index in [1.54, 1.807) is 0 Å². The lowest BCUT2D eigenvalue weighted by Crippen LogP contribution is -2.17. The Balaban J connectivity index is 0.000000980. The molecule has 1 aromatic rings. The number of hydrogen-bond donors (Lipinski definition) is 1. The van der Waals surface area contributed by atoms with Crippen molar-refractivity contribution in [3.05, 3.63) is 11.7 Å². The highest BCUT2D eigenvalue weighted by Crippen LogP contribution is 2.38. The quantitative estimate of drug-likeness (QED) is 0.842. The Labute approximate surface area is 89.7 Å². The predicted octanol–water partition coefficient (Wildman–Crippen LogP) is 2.02. The van der Waals surface area contributed by atoms with E-state index in [4.69, 9.17) is 10.3 Å². The van der Waals surface area contributed by atoms with Crippen LogP contribution in [-0.2, 0) is 0 Å². The molecule has 0 aromatic carbocycles. The number of nitrogens with two attached hydrogens (primary N) is 1. The fourth-order valence-electron chi connectivity index (χ4n) is 1.18. The van der Waals surface area contributed by atoms with Gasteiger partial charge in [-0.1, -0.05) is 19.0 Å². The topological polar surface area (TPSA) is 64.9 Å². The van der Waals surface area contributed by atoms with Crippen molar-refractivity contribution in [3.8, 4) is 0 Å². The molecular formula is C9H16ClN3O. The van der Waals surface area contributed by atoms with Gasteiger partial charge < -0.3 is 10.3 Å². The zero-order valence-corrected chi connectivity index (χ0v) is 9.25. The van der Waals surface area contributed by atoms with Crippen LogP contribution in [0.5, 0.6) is 0 Å². The van der Waals surface area contributed by atoms with Crippen LogP contribution in [0.2, 0.25) is 0 Å². The minimum absolute atomic E-state index is 0. The Hall–Kier alpha value is -0.610. The van der Waals surface area contributed by atoms with Gasteiger partial charge in [-0.25, -0.2) is 0 Å². The molecule has 1 heterocycles. The molecule has 1 aliphatic rings. The Morgan fingerprint density at radius 2 is 2.07 bits per heavy atom. The Kier molecular flexibility index (Phi) is 3.50. The Morgan fingerprint density at radius 1 is 1.43 bits per heavy atom. The molecule has 14 heavy (non-hydrogen) atoms. The van der Waals surface area contributed by atoms with E-state index in [1.807, 2.05) is 13.8 Å². The lowest BCUT2D eigenvalue weighted by molar-refractivity contribution is 0.322. The number of nitrogens with zero attached hydrogens (tertiary/aromatic N) is 2. The van der Waals surface area contributed by atoms with Crippen molar-refractivity contribution in [1.29, 1.82) is 0 Å². The summed E-state index contributed by atoms with van der Waals surface area (Å²) in [6, 6.07) is -0.125. The molecule has 2 rings (SSSR count). The highest BCUT2D eigenvalue weighted by Gasteiger charge is 2.30. The molecule has 2 N–H and O–H groups in total. The van der Waals surface area contributed by atoms with E-state index in [2.05, 4.69) is 10.1 Å². The molecule has 1 saturated carbocycles. The van der Waals surface area contributed by atoms with Crippen molar-refractivity contribution in [1.82, 2.24) is 10.1 Å². The fraction of sp³-hybridized carbons (Fsp3) is 0.778. The van der Waals surface area contributed by atoms with Crippen molar-refractivity contribution in [2.75, 3.05) is 0 Å². The van der Waals surface area contributed by atoms with Crippen LogP contribution in [0.4, 0.5) is 0 Å². The van der Waals surface area contributed by atoms with Crippen LogP contribution < -0.4 is 5.73 Å². The summed E-state index contributed by atoms with van der Waals surface area (Å²) in [6.45, 7) is 4.09. The summed E-state index contributed by atoms with van der Waals surface area (Å²) in [4.78, 5) is 4.29. The molecule has 1 fully saturated rings. The largest absolute Gasteiger partial charge is 0.338 e. The van der Waals surface area contributed by atoms with Crippen LogP contribution in [0.3, 0.4) is 0 Å². The van der Waals surface area contributed by atoms with Crippen LogP contribution in [0.25, 0.3) is 0 Å². The van der Waals surface area contributed by atoms with Gasteiger partial charge in [0.05, 0.1) is 6.04 Å². The van der Waals surface area contributed by atoms with Crippen molar-refractivity contribution < 1.29 is 4.52 Å². The SMILES string of the molecule is CC(C)C(N)c1nc(C2CC2)no1.Cl. The van der Waals surface area contributed by atoms with Crippen LogP contribution in [0, 0.1) is 5.92 Å². The van der Waals surface area contributed by atoms with E-state index in [0.29, 0.717) is 17.7 Å². The minimum atomic E-state index is -0.125. The molecule has 4 nitrogen and oxygen atoms in total. The first-order valence-corrected chi connectivity index (χ1v) is 4.77. The summed E-state index contributed by atoms with van der Waals surface area (Å²) in [7, 11) is 0. The highest BCUT2D eigenvalue weighted by atomic mass is 35.5. The second kappa shape index (κ2) is 4.28. The van der Waals surface area contributed by atoms with E-state index in [-0.39, 0.29) is 18.4 Å². The predicted molar refractivity (Wildman–Crippen MR) is 55.3 cm³/mol. The van der Waals surface area contributed by atoms with Gasteiger partial charge in [0.2, 0.25) is 5.89 Å². The molecule has 80 valence electrons. The number of hydrogen-bond acceptors (Lipinski definition) is 4. The molecule has 1 unspecified atom stereocenters. The number of rotatable bonds is 3. The van der Waals surface area contributed by atoms with Gasteiger partial charge in [0.1, 0.15) is 0 Å². The smallest absolute Gasteiger partial charge is 0.243 e. The van der Waals surface area contributed by atoms with Crippen molar-refractivity contribution in [2.24, 2.45) is 11.7 Å². The van der Waals surface area contributed by atoms with Crippen molar-refractivity contribution in [3.63, 3.8) is 0 Å². The normalized spacial score (nSPS) is 18.0. The van der Waals surface area contributed by atoms with Gasteiger partial charge in [0.25, 0.3) is 0 Å². The third-order valence-corrected chi connectivity index (χ3v) is 2.40. The lowest BCUT2D eigenvalue weighted by Gasteiger charge is -2.09. The zero-order chi connectivity index (χ0) is 9.42. The summed E-state index contributed by atoms with van der Waals surface area (Å²) in [5.41, 5.74) is 5.88. The lowest BCUT2D eigenvalue weighted by atomic mass is 10.1. The molecule has 0 amide bonds. The summed E-state index contributed by atoms with van der Waals surface area (Å²) >= 11 is 0. The van der Waals surface area contributed by atoms with E-state index < -0.39 is 0 Å². The van der Waals surface area contributed by atoms with Gasteiger partial charge in [0, 0.05) is 5.92 Å². The summed E-state index contributed by atoms with van der Waals surface area (Å²) < 4.78 is 5.10. The third-order valence-electron chi connectivity index (χ3n) is 2.40. The van der Waals surface area contributed by atoms with E-state index in [0.717, 1.165) is 5.82 Å². The molecule has 1 aromatic heterocycles. The Bertz CT molecular complexity index is 296. The molecular weight excluding hydrogens is 202 g/mol. The van der Waals surface area contributed by atoms with Crippen LogP contribution >= 0.6 is 12.4 Å². The Morgan fingerprint density at radius 3 is 2.57 bits per heavy atom. The van der Waals surface area contributed by atoms with Crippen LogP contribution in [0.1, 0.15) is 50.4 Å². The molecule has 1 aliphatic carbocycles. The van der Waals surface area contributed by atoms with Crippen molar-refractivity contribution >= 4 is 12.4 Å². The molecule has 0 radical (unpaired) electrons. The maximum atomic E-state index is 5.88. The van der Waals surface area contributed by atoms with E-state index >= 15 is 0 Å². The summed E-state index contributed by atoms with van der Waals surface area (Å²) in [6.07, 6.45) is 2.38. The van der Waals surface area contributed by atoms with Gasteiger partial charge in [-0.05, 0) is 18.8 Å². The molecule has 0 saturated heterocycles. The maximum Gasteiger partial charge on any atom is 0.243 e. The number of aromatic nitrogens is 2. The van der Waals surface area contributed by atoms with Gasteiger partial charge in [-0.15, -0.1) is 12.4 Å². The molecule has 1 atom stereocenters. The molecule has 0 spiro atoms. The molecule has 0 aliphatic heterocycles. The minimum Gasteiger partial charge on any atom is -0.338 e. The second-order valence-corrected chi connectivity index (χ2v) is 4.03. The first kappa shape index (κ1) is 11.5. The van der Waals surface area contributed by atoms with Crippen LogP contribution in [-0.4, -0.2) is 10.1 Å². The highest BCUT2D eigenvalue weighted by molar-refractivity contribution is 5.85. The van der Waals surface area contributed by atoms with Crippen molar-refractivity contribution in [2.45, 2.75) is 38.6 Å². The average molecular weight is 218 g/mol. The first-order valence-electron chi connectivity index (χ1n) is 4.77. The standard InChI is InChI=1S/C9H15N3O.ClH/c1-5(2)7(10)9-11-8(12-13-9)6-3-4-6;/h5-7H,3-4,10H2,1-2H3;1H. The van der Waals surface area contributed by atoms with Crippen LogP contribution in [0.15, 0.2) is 4.52 Å².